The van der Waals surface area contributed by atoms with Crippen molar-refractivity contribution in [1.82, 2.24) is 4.57 Å². The van der Waals surface area contributed by atoms with Crippen molar-refractivity contribution in [1.29, 1.82) is 0 Å². The number of rotatable bonds is 7. The molecule has 0 aliphatic heterocycles. The van der Waals surface area contributed by atoms with E-state index in [9.17, 15) is 9.59 Å². The maximum atomic E-state index is 12.4. The van der Waals surface area contributed by atoms with Crippen LogP contribution in [-0.4, -0.2) is 29.7 Å². The van der Waals surface area contributed by atoms with E-state index in [0.29, 0.717) is 39.3 Å². The number of carbonyl (C=O) groups excluding carboxylic acids is 2. The lowest BCUT2D eigenvalue weighted by Gasteiger charge is -2.06. The van der Waals surface area contributed by atoms with E-state index in [0.717, 1.165) is 10.2 Å². The first-order valence-electron chi connectivity index (χ1n) is 8.99. The summed E-state index contributed by atoms with van der Waals surface area (Å²) in [7, 11) is 0. The van der Waals surface area contributed by atoms with Gasteiger partial charge in [0.25, 0.3) is 5.91 Å². The smallest absolute Gasteiger partial charge is 0.338 e. The highest BCUT2D eigenvalue weighted by Crippen LogP contribution is 2.27. The lowest BCUT2D eigenvalue weighted by atomic mass is 10.2. The molecule has 156 valence electrons. The number of allylic oxidation sites excluding steroid dienone is 1. The molecule has 0 fully saturated rings. The van der Waals surface area contributed by atoms with Gasteiger partial charge in [0, 0.05) is 11.6 Å². The molecule has 0 radical (unpaired) electrons. The van der Waals surface area contributed by atoms with Gasteiger partial charge in [-0.1, -0.05) is 40.6 Å². The Kier molecular flexibility index (Phi) is 7.31. The Hall–Kier alpha value is -2.61. The Morgan fingerprint density at radius 1 is 1.23 bits per heavy atom. The second kappa shape index (κ2) is 9.93. The molecule has 1 aromatic heterocycles. The molecular weight excluding hydrogens is 447 g/mol. The zero-order valence-corrected chi connectivity index (χ0v) is 18.4. The van der Waals surface area contributed by atoms with Gasteiger partial charge in [0.15, 0.2) is 11.4 Å². The van der Waals surface area contributed by atoms with E-state index in [1.54, 1.807) is 43.3 Å². The molecule has 0 aliphatic rings. The number of nitrogens with zero attached hydrogens (tertiary/aromatic N) is 2. The summed E-state index contributed by atoms with van der Waals surface area (Å²) in [5, 5.41) is 0.784. The third-order valence-corrected chi connectivity index (χ3v) is 5.54. The van der Waals surface area contributed by atoms with Gasteiger partial charge in [0.2, 0.25) is 0 Å². The molecule has 1 heterocycles. The van der Waals surface area contributed by atoms with E-state index in [4.69, 9.17) is 32.7 Å². The number of halogens is 2. The minimum Gasteiger partial charge on any atom is -0.482 e. The number of ether oxygens (including phenoxy) is 2. The highest BCUT2D eigenvalue weighted by atomic mass is 35.5. The SMILES string of the molecule is C=CCn1c(=NC(=O)COc2ccc(Cl)cc2Cl)sc2cc(C(=O)OCC)ccc21. The lowest BCUT2D eigenvalue weighted by Crippen LogP contribution is -2.19. The van der Waals surface area contributed by atoms with Gasteiger partial charge in [-0.3, -0.25) is 4.79 Å². The summed E-state index contributed by atoms with van der Waals surface area (Å²) in [6.07, 6.45) is 1.71. The molecule has 6 nitrogen and oxygen atoms in total. The summed E-state index contributed by atoms with van der Waals surface area (Å²) in [5.74, 6) is -0.527. The monoisotopic (exact) mass is 464 g/mol. The number of amides is 1. The van der Waals surface area contributed by atoms with Crippen molar-refractivity contribution < 1.29 is 19.1 Å². The van der Waals surface area contributed by atoms with Crippen molar-refractivity contribution in [2.75, 3.05) is 13.2 Å². The summed E-state index contributed by atoms with van der Waals surface area (Å²) in [5.41, 5.74) is 1.27. The molecule has 0 bridgehead atoms. The number of aromatic nitrogens is 1. The van der Waals surface area contributed by atoms with E-state index in [-0.39, 0.29) is 6.61 Å². The van der Waals surface area contributed by atoms with Crippen LogP contribution in [0.5, 0.6) is 5.75 Å². The van der Waals surface area contributed by atoms with E-state index in [1.807, 2.05) is 4.57 Å². The van der Waals surface area contributed by atoms with Crippen molar-refractivity contribution in [3.8, 4) is 5.75 Å². The third-order valence-electron chi connectivity index (χ3n) is 3.97. The fourth-order valence-corrected chi connectivity index (χ4v) is 4.24. The second-order valence-electron chi connectivity index (χ2n) is 6.06. The summed E-state index contributed by atoms with van der Waals surface area (Å²) in [6.45, 7) is 5.98. The molecule has 0 aliphatic carbocycles. The molecule has 3 aromatic rings. The van der Waals surface area contributed by atoms with Gasteiger partial charge in [-0.05, 0) is 43.3 Å². The van der Waals surface area contributed by atoms with Gasteiger partial charge in [0.1, 0.15) is 5.75 Å². The molecule has 0 saturated heterocycles. The minimum absolute atomic E-state index is 0.280. The van der Waals surface area contributed by atoms with Crippen LogP contribution in [0.2, 0.25) is 10.0 Å². The summed E-state index contributed by atoms with van der Waals surface area (Å²) in [4.78, 5) is 29.0. The normalized spacial score (nSPS) is 11.5. The summed E-state index contributed by atoms with van der Waals surface area (Å²) >= 11 is 13.2. The van der Waals surface area contributed by atoms with Crippen molar-refractivity contribution in [3.05, 3.63) is 69.5 Å². The average molecular weight is 465 g/mol. The zero-order valence-electron chi connectivity index (χ0n) is 16.1. The van der Waals surface area contributed by atoms with Crippen LogP contribution < -0.4 is 9.54 Å². The van der Waals surface area contributed by atoms with Crippen LogP contribution in [0.3, 0.4) is 0 Å². The first-order chi connectivity index (χ1) is 14.4. The second-order valence-corrected chi connectivity index (χ2v) is 7.91. The highest BCUT2D eigenvalue weighted by molar-refractivity contribution is 7.16. The quantitative estimate of drug-likeness (QED) is 0.369. The Morgan fingerprint density at radius 2 is 2.03 bits per heavy atom. The van der Waals surface area contributed by atoms with Gasteiger partial charge in [-0.25, -0.2) is 4.79 Å². The molecule has 0 spiro atoms. The van der Waals surface area contributed by atoms with E-state index >= 15 is 0 Å². The van der Waals surface area contributed by atoms with Gasteiger partial charge in [-0.15, -0.1) is 6.58 Å². The Morgan fingerprint density at radius 3 is 2.73 bits per heavy atom. The van der Waals surface area contributed by atoms with Crippen molar-refractivity contribution in [2.45, 2.75) is 13.5 Å². The molecule has 9 heteroatoms. The maximum absolute atomic E-state index is 12.4. The molecule has 0 unspecified atom stereocenters. The van der Waals surface area contributed by atoms with E-state index < -0.39 is 11.9 Å². The van der Waals surface area contributed by atoms with Crippen LogP contribution in [0.15, 0.2) is 54.0 Å². The predicted octanol–water partition coefficient (Wildman–Crippen LogP) is 4.88. The third kappa shape index (κ3) is 5.11. The number of benzene rings is 2. The Balaban J connectivity index is 1.89. The van der Waals surface area contributed by atoms with Crippen LogP contribution in [0.1, 0.15) is 17.3 Å². The zero-order chi connectivity index (χ0) is 21.7. The van der Waals surface area contributed by atoms with Crippen LogP contribution in [0, 0.1) is 0 Å². The van der Waals surface area contributed by atoms with Crippen LogP contribution in [0.4, 0.5) is 0 Å². The predicted molar refractivity (Wildman–Crippen MR) is 118 cm³/mol. The summed E-state index contributed by atoms with van der Waals surface area (Å²) < 4.78 is 13.1. The molecule has 0 atom stereocenters. The number of esters is 1. The average Bonchev–Trinajstić information content (AvgIpc) is 3.04. The maximum Gasteiger partial charge on any atom is 0.338 e. The van der Waals surface area contributed by atoms with Gasteiger partial charge >= 0.3 is 5.97 Å². The highest BCUT2D eigenvalue weighted by Gasteiger charge is 2.12. The van der Waals surface area contributed by atoms with Crippen molar-refractivity contribution >= 4 is 56.6 Å². The Bertz CT molecular complexity index is 1180. The van der Waals surface area contributed by atoms with E-state index in [2.05, 4.69) is 11.6 Å². The molecule has 3 rings (SSSR count). The molecule has 0 N–H and O–H groups in total. The molecule has 2 aromatic carbocycles. The molecule has 0 saturated carbocycles. The number of hydrogen-bond acceptors (Lipinski definition) is 5. The van der Waals surface area contributed by atoms with Gasteiger partial charge < -0.3 is 14.0 Å². The van der Waals surface area contributed by atoms with Gasteiger partial charge in [0.05, 0.1) is 27.4 Å². The molecular formula is C21H18Cl2N2O4S. The Labute approximate surface area is 187 Å². The summed E-state index contributed by atoms with van der Waals surface area (Å²) in [6, 6.07) is 9.96. The van der Waals surface area contributed by atoms with Crippen molar-refractivity contribution in [2.24, 2.45) is 4.99 Å². The number of hydrogen-bond donors (Lipinski definition) is 0. The first-order valence-corrected chi connectivity index (χ1v) is 10.6. The fraction of sp³-hybridized carbons (Fsp3) is 0.190. The van der Waals surface area contributed by atoms with Crippen LogP contribution >= 0.6 is 34.5 Å². The topological polar surface area (TPSA) is 69.9 Å². The molecule has 30 heavy (non-hydrogen) atoms. The van der Waals surface area contributed by atoms with Crippen LogP contribution in [0.25, 0.3) is 10.2 Å². The molecule has 1 amide bonds. The number of fused-ring (bicyclic) bond motifs is 1. The fourth-order valence-electron chi connectivity index (χ4n) is 2.68. The first kappa shape index (κ1) is 22.1. The van der Waals surface area contributed by atoms with Crippen molar-refractivity contribution in [3.63, 3.8) is 0 Å². The number of thiazole rings is 1. The standard InChI is InChI=1S/C21H18Cl2N2O4S/c1-3-9-25-16-7-5-13(20(27)28-4-2)10-18(16)30-21(25)24-19(26)12-29-17-8-6-14(22)11-15(17)23/h3,5-8,10-11H,1,4,9,12H2,2H3. The van der Waals surface area contributed by atoms with Crippen LogP contribution in [-0.2, 0) is 16.1 Å². The minimum atomic E-state index is -0.476. The van der Waals surface area contributed by atoms with Gasteiger partial charge in [-0.2, -0.15) is 4.99 Å². The number of carbonyl (C=O) groups is 2. The largest absolute Gasteiger partial charge is 0.482 e. The lowest BCUT2D eigenvalue weighted by molar-refractivity contribution is -0.120. The van der Waals surface area contributed by atoms with E-state index in [1.165, 1.54) is 17.4 Å².